The van der Waals surface area contributed by atoms with E-state index in [1.165, 1.54) is 0 Å². The van der Waals surface area contributed by atoms with Gasteiger partial charge in [-0.1, -0.05) is 6.92 Å². The summed E-state index contributed by atoms with van der Waals surface area (Å²) >= 11 is 4.33. The summed E-state index contributed by atoms with van der Waals surface area (Å²) in [5, 5.41) is 0.546. The molecule has 0 saturated heterocycles. The van der Waals surface area contributed by atoms with E-state index in [4.69, 9.17) is 0 Å². The first-order valence-electron chi connectivity index (χ1n) is 2.99. The molecular formula is C6H15NS. The van der Waals surface area contributed by atoms with Crippen molar-refractivity contribution in [3.8, 4) is 0 Å². The van der Waals surface area contributed by atoms with Crippen LogP contribution < -0.4 is 0 Å². The van der Waals surface area contributed by atoms with Crippen LogP contribution in [0.1, 0.15) is 13.3 Å². The normalized spacial score (nSPS) is 14.6. The van der Waals surface area contributed by atoms with Crippen molar-refractivity contribution in [2.24, 2.45) is 0 Å². The highest BCUT2D eigenvalue weighted by molar-refractivity contribution is 7.81. The second-order valence-corrected chi connectivity index (χ2v) is 3.05. The van der Waals surface area contributed by atoms with Crippen LogP contribution in [-0.2, 0) is 0 Å². The zero-order valence-corrected chi connectivity index (χ0v) is 6.78. The minimum absolute atomic E-state index is 0.546. The number of nitrogens with zero attached hydrogens (tertiary/aromatic N) is 1. The molecule has 0 fully saturated rings. The van der Waals surface area contributed by atoms with Gasteiger partial charge < -0.3 is 4.90 Å². The average molecular weight is 133 g/mol. The van der Waals surface area contributed by atoms with Gasteiger partial charge >= 0.3 is 0 Å². The Hall–Kier alpha value is 0.310. The molecule has 0 rings (SSSR count). The zero-order chi connectivity index (χ0) is 6.57. The maximum atomic E-state index is 4.33. The van der Waals surface area contributed by atoms with E-state index in [9.17, 15) is 0 Å². The topological polar surface area (TPSA) is 3.24 Å². The van der Waals surface area contributed by atoms with Crippen LogP contribution in [0.2, 0.25) is 0 Å². The molecule has 0 aliphatic rings. The van der Waals surface area contributed by atoms with E-state index in [-0.39, 0.29) is 0 Å². The van der Waals surface area contributed by atoms with Crippen molar-refractivity contribution < 1.29 is 0 Å². The lowest BCUT2D eigenvalue weighted by Crippen LogP contribution is -2.21. The maximum Gasteiger partial charge on any atom is 0.0141 e. The molecule has 0 spiro atoms. The van der Waals surface area contributed by atoms with Gasteiger partial charge in [0.2, 0.25) is 0 Å². The van der Waals surface area contributed by atoms with E-state index in [1.54, 1.807) is 0 Å². The van der Waals surface area contributed by atoms with Crippen LogP contribution in [0.5, 0.6) is 0 Å². The fourth-order valence-electron chi connectivity index (χ4n) is 0.551. The molecule has 0 N–H and O–H groups in total. The summed E-state index contributed by atoms with van der Waals surface area (Å²) in [6.45, 7) is 3.24. The second-order valence-electron chi connectivity index (χ2n) is 2.32. The monoisotopic (exact) mass is 133 g/mol. The molecule has 0 aliphatic heterocycles. The highest BCUT2D eigenvalue weighted by atomic mass is 32.1. The Morgan fingerprint density at radius 1 is 1.50 bits per heavy atom. The lowest BCUT2D eigenvalue weighted by Gasteiger charge is -2.13. The fraction of sp³-hybridized carbons (Fsp3) is 1.00. The Morgan fingerprint density at radius 2 is 2.00 bits per heavy atom. The van der Waals surface area contributed by atoms with Gasteiger partial charge in [-0.2, -0.15) is 12.6 Å². The minimum atomic E-state index is 0.546. The zero-order valence-electron chi connectivity index (χ0n) is 5.89. The summed E-state index contributed by atoms with van der Waals surface area (Å²) in [6.07, 6.45) is 1.15. The number of hydrogen-bond donors (Lipinski definition) is 1. The average Bonchev–Trinajstić information content (AvgIpc) is 1.65. The highest BCUT2D eigenvalue weighted by Gasteiger charge is 1.98. The highest BCUT2D eigenvalue weighted by Crippen LogP contribution is 1.99. The molecule has 8 heavy (non-hydrogen) atoms. The van der Waals surface area contributed by atoms with Crippen molar-refractivity contribution in [3.05, 3.63) is 0 Å². The first-order chi connectivity index (χ1) is 3.66. The van der Waals surface area contributed by atoms with Gasteiger partial charge in [0.15, 0.2) is 0 Å². The standard InChI is InChI=1S/C6H15NS/c1-4-6(8)5-7(2)3/h6,8H,4-5H2,1-3H3. The van der Waals surface area contributed by atoms with Crippen LogP contribution in [0.25, 0.3) is 0 Å². The largest absolute Gasteiger partial charge is 0.308 e. The Bertz CT molecular complexity index is 54.5. The van der Waals surface area contributed by atoms with Gasteiger partial charge in [-0.15, -0.1) is 0 Å². The van der Waals surface area contributed by atoms with Crippen molar-refractivity contribution in [3.63, 3.8) is 0 Å². The number of hydrogen-bond acceptors (Lipinski definition) is 2. The Labute approximate surface area is 57.5 Å². The van der Waals surface area contributed by atoms with E-state index in [2.05, 4.69) is 38.5 Å². The Kier molecular flexibility index (Phi) is 4.38. The molecule has 0 radical (unpaired) electrons. The van der Waals surface area contributed by atoms with Crippen LogP contribution >= 0.6 is 12.6 Å². The van der Waals surface area contributed by atoms with Gasteiger partial charge in [-0.25, -0.2) is 0 Å². The molecule has 0 aromatic rings. The maximum absolute atomic E-state index is 4.33. The molecule has 0 aromatic carbocycles. The summed E-state index contributed by atoms with van der Waals surface area (Å²) in [4.78, 5) is 2.15. The Morgan fingerprint density at radius 3 is 2.12 bits per heavy atom. The van der Waals surface area contributed by atoms with Crippen molar-refractivity contribution in [2.45, 2.75) is 18.6 Å². The second kappa shape index (κ2) is 4.21. The molecule has 0 bridgehead atoms. The molecule has 1 nitrogen and oxygen atoms in total. The van der Waals surface area contributed by atoms with Crippen molar-refractivity contribution >= 4 is 12.6 Å². The van der Waals surface area contributed by atoms with Gasteiger partial charge in [-0.3, -0.25) is 0 Å². The van der Waals surface area contributed by atoms with Crippen LogP contribution in [0.3, 0.4) is 0 Å². The van der Waals surface area contributed by atoms with Crippen molar-refractivity contribution in [1.82, 2.24) is 4.90 Å². The predicted molar refractivity (Wildman–Crippen MR) is 41.6 cm³/mol. The smallest absolute Gasteiger partial charge is 0.0141 e. The van der Waals surface area contributed by atoms with E-state index >= 15 is 0 Å². The third-order valence-electron chi connectivity index (χ3n) is 1.05. The molecule has 0 heterocycles. The molecule has 1 atom stereocenters. The third-order valence-corrected chi connectivity index (χ3v) is 1.58. The number of rotatable bonds is 3. The van der Waals surface area contributed by atoms with Gasteiger partial charge in [-0.05, 0) is 20.5 Å². The summed E-state index contributed by atoms with van der Waals surface area (Å²) in [7, 11) is 4.14. The van der Waals surface area contributed by atoms with E-state index < -0.39 is 0 Å². The van der Waals surface area contributed by atoms with Gasteiger partial charge in [0.05, 0.1) is 0 Å². The van der Waals surface area contributed by atoms with E-state index in [0.29, 0.717) is 5.25 Å². The van der Waals surface area contributed by atoms with Crippen LogP contribution in [0.15, 0.2) is 0 Å². The lowest BCUT2D eigenvalue weighted by atomic mass is 10.3. The third kappa shape index (κ3) is 4.47. The van der Waals surface area contributed by atoms with Crippen LogP contribution in [-0.4, -0.2) is 30.8 Å². The summed E-state index contributed by atoms with van der Waals surface area (Å²) in [5.74, 6) is 0. The SMILES string of the molecule is CCC(S)CN(C)C. The summed E-state index contributed by atoms with van der Waals surface area (Å²) in [6, 6.07) is 0. The first-order valence-corrected chi connectivity index (χ1v) is 3.51. The Balaban J connectivity index is 3.10. The van der Waals surface area contributed by atoms with Crippen molar-refractivity contribution in [1.29, 1.82) is 0 Å². The fourth-order valence-corrected chi connectivity index (χ4v) is 0.877. The molecule has 1 unspecified atom stereocenters. The summed E-state index contributed by atoms with van der Waals surface area (Å²) < 4.78 is 0. The minimum Gasteiger partial charge on any atom is -0.308 e. The van der Waals surface area contributed by atoms with Crippen molar-refractivity contribution in [2.75, 3.05) is 20.6 Å². The van der Waals surface area contributed by atoms with Crippen LogP contribution in [0, 0.1) is 0 Å². The van der Waals surface area contributed by atoms with Gasteiger partial charge in [0, 0.05) is 11.8 Å². The van der Waals surface area contributed by atoms with E-state index in [1.807, 2.05) is 0 Å². The van der Waals surface area contributed by atoms with Gasteiger partial charge in [0.25, 0.3) is 0 Å². The lowest BCUT2D eigenvalue weighted by molar-refractivity contribution is 0.405. The molecule has 2 heteroatoms. The molecular weight excluding hydrogens is 118 g/mol. The van der Waals surface area contributed by atoms with E-state index in [0.717, 1.165) is 13.0 Å². The van der Waals surface area contributed by atoms with Gasteiger partial charge in [0.1, 0.15) is 0 Å². The molecule has 0 amide bonds. The molecule has 50 valence electrons. The first kappa shape index (κ1) is 8.31. The summed E-state index contributed by atoms with van der Waals surface area (Å²) in [5.41, 5.74) is 0. The van der Waals surface area contributed by atoms with Crippen LogP contribution in [0.4, 0.5) is 0 Å². The molecule has 0 aromatic heterocycles. The number of thiol groups is 1. The molecule has 0 aliphatic carbocycles. The predicted octanol–water partition coefficient (Wildman–Crippen LogP) is 1.26. The quantitative estimate of drug-likeness (QED) is 0.567. The molecule has 0 saturated carbocycles.